The molecule has 0 aliphatic rings. The van der Waals surface area contributed by atoms with Crippen LogP contribution in [0.1, 0.15) is 21.0 Å². The molecule has 35 heavy (non-hydrogen) atoms. The molecule has 0 bridgehead atoms. The molecule has 3 N–H and O–H groups in total. The summed E-state index contributed by atoms with van der Waals surface area (Å²) in [5, 5.41) is 2.88. The number of amides is 2. The number of nitrogens with one attached hydrogen (secondary N) is 1. The van der Waals surface area contributed by atoms with E-state index in [0.29, 0.717) is 22.8 Å². The monoisotopic (exact) mass is 460 g/mol. The second-order valence-corrected chi connectivity index (χ2v) is 7.68. The van der Waals surface area contributed by atoms with E-state index in [2.05, 4.69) is 20.3 Å². The quantitative estimate of drug-likeness (QED) is 0.391. The van der Waals surface area contributed by atoms with E-state index in [-0.39, 0.29) is 11.6 Å². The molecular weight excluding hydrogens is 440 g/mol. The number of anilines is 1. The van der Waals surface area contributed by atoms with Gasteiger partial charge >= 0.3 is 0 Å². The van der Waals surface area contributed by atoms with Crippen LogP contribution in [0.3, 0.4) is 0 Å². The summed E-state index contributed by atoms with van der Waals surface area (Å²) in [4.78, 5) is 37.1. The van der Waals surface area contributed by atoms with Crippen molar-refractivity contribution in [2.75, 3.05) is 5.32 Å². The van der Waals surface area contributed by atoms with Crippen LogP contribution in [0.4, 0.5) is 5.69 Å². The van der Waals surface area contributed by atoms with Crippen LogP contribution >= 0.6 is 0 Å². The number of benzene rings is 2. The van der Waals surface area contributed by atoms with Gasteiger partial charge in [0.15, 0.2) is 0 Å². The fourth-order valence-corrected chi connectivity index (χ4v) is 3.81. The molecule has 5 aromatic rings. The van der Waals surface area contributed by atoms with Crippen molar-refractivity contribution in [3.63, 3.8) is 0 Å². The molecule has 8 heteroatoms. The van der Waals surface area contributed by atoms with Crippen molar-refractivity contribution >= 4 is 17.5 Å². The maximum atomic E-state index is 12.5. The Bertz CT molecular complexity index is 1530. The standard InChI is InChI=1S/C27H20N6O2/c28-25(34)24-22(10-5-13-30-24)18-6-3-7-19(16-18)26-31-14-15-33(26)21-9-4-8-20(17-21)32-27(35)23-11-1-2-12-29-23/h1-17H,(H2,28,34)(H,32,35). The predicted molar refractivity (Wildman–Crippen MR) is 133 cm³/mol. The zero-order valence-corrected chi connectivity index (χ0v) is 18.5. The zero-order valence-electron chi connectivity index (χ0n) is 18.5. The van der Waals surface area contributed by atoms with Gasteiger partial charge in [0, 0.05) is 47.3 Å². The molecule has 2 amide bonds. The number of primary amides is 1. The Balaban J connectivity index is 1.48. The van der Waals surface area contributed by atoms with E-state index in [1.807, 2.05) is 65.4 Å². The predicted octanol–water partition coefficient (Wildman–Crippen LogP) is 4.35. The van der Waals surface area contributed by atoms with Crippen molar-refractivity contribution in [2.45, 2.75) is 0 Å². The molecule has 0 saturated heterocycles. The highest BCUT2D eigenvalue weighted by Gasteiger charge is 2.14. The van der Waals surface area contributed by atoms with Crippen LogP contribution in [0.15, 0.2) is 104 Å². The first-order chi connectivity index (χ1) is 17.1. The molecular formula is C27H20N6O2. The van der Waals surface area contributed by atoms with Gasteiger partial charge in [-0.05, 0) is 48.0 Å². The Kier molecular flexibility index (Phi) is 5.83. The number of carbonyl (C=O) groups is 2. The molecule has 0 aliphatic carbocycles. The molecule has 0 unspecified atom stereocenters. The maximum absolute atomic E-state index is 12.5. The summed E-state index contributed by atoms with van der Waals surface area (Å²) >= 11 is 0. The molecule has 0 radical (unpaired) electrons. The second kappa shape index (κ2) is 9.40. The van der Waals surface area contributed by atoms with Gasteiger partial charge in [0.1, 0.15) is 17.2 Å². The SMILES string of the molecule is NC(=O)c1ncccc1-c1cccc(-c2nccn2-c2cccc(NC(=O)c3ccccn3)c2)c1. The number of carbonyl (C=O) groups excluding carboxylic acids is 2. The Morgan fingerprint density at radius 2 is 1.60 bits per heavy atom. The maximum Gasteiger partial charge on any atom is 0.274 e. The minimum atomic E-state index is -0.586. The van der Waals surface area contributed by atoms with Gasteiger partial charge < -0.3 is 11.1 Å². The molecule has 0 fully saturated rings. The minimum absolute atomic E-state index is 0.212. The van der Waals surface area contributed by atoms with E-state index >= 15 is 0 Å². The van der Waals surface area contributed by atoms with Crippen molar-refractivity contribution in [2.24, 2.45) is 5.73 Å². The number of hydrogen-bond donors (Lipinski definition) is 2. The number of imidazole rings is 1. The third kappa shape index (κ3) is 4.53. The largest absolute Gasteiger partial charge is 0.364 e. The van der Waals surface area contributed by atoms with Crippen molar-refractivity contribution < 1.29 is 9.59 Å². The van der Waals surface area contributed by atoms with Crippen LogP contribution in [0.5, 0.6) is 0 Å². The minimum Gasteiger partial charge on any atom is -0.364 e. The molecule has 170 valence electrons. The Hall–Kier alpha value is -5.11. The third-order valence-electron chi connectivity index (χ3n) is 5.39. The summed E-state index contributed by atoms with van der Waals surface area (Å²) in [7, 11) is 0. The molecule has 5 rings (SSSR count). The zero-order chi connectivity index (χ0) is 24.2. The Labute approximate surface area is 201 Å². The van der Waals surface area contributed by atoms with Crippen LogP contribution < -0.4 is 11.1 Å². The summed E-state index contributed by atoms with van der Waals surface area (Å²) in [6.45, 7) is 0. The topological polar surface area (TPSA) is 116 Å². The average Bonchev–Trinajstić information content (AvgIpc) is 3.40. The Morgan fingerprint density at radius 3 is 2.43 bits per heavy atom. The highest BCUT2D eigenvalue weighted by Crippen LogP contribution is 2.29. The first kappa shape index (κ1) is 21.7. The van der Waals surface area contributed by atoms with Gasteiger partial charge in [-0.1, -0.05) is 36.4 Å². The molecule has 0 saturated carbocycles. The first-order valence-corrected chi connectivity index (χ1v) is 10.8. The van der Waals surface area contributed by atoms with Crippen LogP contribution in [-0.2, 0) is 0 Å². The van der Waals surface area contributed by atoms with E-state index in [9.17, 15) is 9.59 Å². The van der Waals surface area contributed by atoms with Gasteiger partial charge in [-0.25, -0.2) is 4.98 Å². The number of aromatic nitrogens is 4. The first-order valence-electron chi connectivity index (χ1n) is 10.8. The molecule has 0 aliphatic heterocycles. The number of pyridine rings is 2. The molecule has 8 nitrogen and oxygen atoms in total. The average molecular weight is 460 g/mol. The van der Waals surface area contributed by atoms with Crippen LogP contribution in [0.2, 0.25) is 0 Å². The normalized spacial score (nSPS) is 10.6. The Morgan fingerprint density at radius 1 is 0.771 bits per heavy atom. The highest BCUT2D eigenvalue weighted by molar-refractivity contribution is 6.03. The van der Waals surface area contributed by atoms with E-state index in [1.165, 1.54) is 0 Å². The fourth-order valence-electron chi connectivity index (χ4n) is 3.81. The van der Waals surface area contributed by atoms with Gasteiger partial charge in [0.25, 0.3) is 11.8 Å². The molecule has 2 aromatic carbocycles. The number of nitrogens with two attached hydrogens (primary N) is 1. The highest BCUT2D eigenvalue weighted by atomic mass is 16.2. The van der Waals surface area contributed by atoms with E-state index in [4.69, 9.17) is 5.73 Å². The summed E-state index contributed by atoms with van der Waals surface area (Å²) < 4.78 is 1.92. The van der Waals surface area contributed by atoms with Crippen LogP contribution in [0, 0.1) is 0 Å². The van der Waals surface area contributed by atoms with E-state index in [1.54, 1.807) is 42.9 Å². The molecule has 0 atom stereocenters. The van der Waals surface area contributed by atoms with Crippen molar-refractivity contribution in [3.8, 4) is 28.2 Å². The van der Waals surface area contributed by atoms with E-state index in [0.717, 1.165) is 16.8 Å². The van der Waals surface area contributed by atoms with Gasteiger partial charge in [-0.2, -0.15) is 0 Å². The van der Waals surface area contributed by atoms with Crippen molar-refractivity contribution in [1.82, 2.24) is 19.5 Å². The number of rotatable bonds is 6. The summed E-state index contributed by atoms with van der Waals surface area (Å²) in [5.74, 6) is -0.176. The summed E-state index contributed by atoms with van der Waals surface area (Å²) in [5.41, 5.74) is 9.82. The lowest BCUT2D eigenvalue weighted by molar-refractivity contribution is 0.0993. The van der Waals surface area contributed by atoms with Gasteiger partial charge in [0.2, 0.25) is 0 Å². The number of nitrogens with zero attached hydrogens (tertiary/aromatic N) is 4. The van der Waals surface area contributed by atoms with Crippen molar-refractivity contribution in [3.05, 3.63) is 115 Å². The lowest BCUT2D eigenvalue weighted by Crippen LogP contribution is -2.14. The summed E-state index contributed by atoms with van der Waals surface area (Å²) in [6.07, 6.45) is 6.68. The van der Waals surface area contributed by atoms with Gasteiger partial charge in [-0.15, -0.1) is 0 Å². The van der Waals surface area contributed by atoms with Crippen molar-refractivity contribution in [1.29, 1.82) is 0 Å². The molecule has 3 heterocycles. The third-order valence-corrected chi connectivity index (χ3v) is 5.39. The van der Waals surface area contributed by atoms with Gasteiger partial charge in [0.05, 0.1) is 0 Å². The lowest BCUT2D eigenvalue weighted by atomic mass is 10.0. The smallest absolute Gasteiger partial charge is 0.274 e. The van der Waals surface area contributed by atoms with Gasteiger partial charge in [-0.3, -0.25) is 24.1 Å². The second-order valence-electron chi connectivity index (χ2n) is 7.68. The van der Waals surface area contributed by atoms with E-state index < -0.39 is 5.91 Å². The lowest BCUT2D eigenvalue weighted by Gasteiger charge is -2.12. The number of hydrogen-bond acceptors (Lipinski definition) is 5. The summed E-state index contributed by atoms with van der Waals surface area (Å²) in [6, 6.07) is 23.9. The molecule has 0 spiro atoms. The molecule has 3 aromatic heterocycles. The van der Waals surface area contributed by atoms with Crippen LogP contribution in [0.25, 0.3) is 28.2 Å². The van der Waals surface area contributed by atoms with Crippen LogP contribution in [-0.4, -0.2) is 31.3 Å². The fraction of sp³-hybridized carbons (Fsp3) is 0.